The summed E-state index contributed by atoms with van der Waals surface area (Å²) in [6.45, 7) is 0. The first-order valence-corrected chi connectivity index (χ1v) is 5.48. The summed E-state index contributed by atoms with van der Waals surface area (Å²) in [5, 5.41) is 22.6. The first kappa shape index (κ1) is 13.3. The lowest BCUT2D eigenvalue weighted by molar-refractivity contribution is -0.383. The summed E-state index contributed by atoms with van der Waals surface area (Å²) >= 11 is 0. The van der Waals surface area contributed by atoms with Gasteiger partial charge in [0.1, 0.15) is 5.69 Å². The van der Waals surface area contributed by atoms with Gasteiger partial charge in [-0.15, -0.1) is 0 Å². The number of hydrogen-bond acceptors (Lipinski definition) is 6. The second-order valence-corrected chi connectivity index (χ2v) is 3.86. The second kappa shape index (κ2) is 5.22. The van der Waals surface area contributed by atoms with E-state index in [0.717, 1.165) is 6.07 Å². The van der Waals surface area contributed by atoms with Gasteiger partial charge in [0.15, 0.2) is 11.6 Å². The van der Waals surface area contributed by atoms with Gasteiger partial charge >= 0.3 is 0 Å². The maximum Gasteiger partial charge on any atom is 0.292 e. The average Bonchev–Trinajstić information content (AvgIpc) is 2.41. The predicted octanol–water partition coefficient (Wildman–Crippen LogP) is 1.53. The van der Waals surface area contributed by atoms with Crippen LogP contribution in [0.4, 0.5) is 17.2 Å². The molecule has 102 valence electrons. The van der Waals surface area contributed by atoms with Gasteiger partial charge in [-0.1, -0.05) is 0 Å². The molecular formula is C12H10N4O4. The van der Waals surface area contributed by atoms with Gasteiger partial charge in [-0.3, -0.25) is 14.9 Å². The molecule has 0 unspecified atom stereocenters. The van der Waals surface area contributed by atoms with E-state index in [2.05, 4.69) is 10.3 Å². The molecule has 0 fully saturated rings. The number of nitro groups is 1. The summed E-state index contributed by atoms with van der Waals surface area (Å²) in [5.74, 6) is -0.870. The molecule has 2 rings (SSSR count). The smallest absolute Gasteiger partial charge is 0.292 e. The first-order valence-electron chi connectivity index (χ1n) is 5.48. The number of benzene rings is 1. The van der Waals surface area contributed by atoms with E-state index >= 15 is 0 Å². The average molecular weight is 274 g/mol. The van der Waals surface area contributed by atoms with Gasteiger partial charge in [-0.05, 0) is 24.3 Å². The Kier molecular flexibility index (Phi) is 3.47. The maximum atomic E-state index is 11.9. The third-order valence-electron chi connectivity index (χ3n) is 2.51. The van der Waals surface area contributed by atoms with Crippen molar-refractivity contribution in [2.75, 3.05) is 11.1 Å². The minimum absolute atomic E-state index is 0.0306. The highest BCUT2D eigenvalue weighted by Crippen LogP contribution is 2.24. The van der Waals surface area contributed by atoms with Crippen molar-refractivity contribution in [3.8, 4) is 5.75 Å². The van der Waals surface area contributed by atoms with Gasteiger partial charge in [-0.2, -0.15) is 0 Å². The maximum absolute atomic E-state index is 11.9. The molecule has 0 bridgehead atoms. The lowest BCUT2D eigenvalue weighted by Gasteiger charge is -2.06. The number of anilines is 2. The van der Waals surface area contributed by atoms with E-state index in [0.29, 0.717) is 0 Å². The molecule has 0 aliphatic heterocycles. The molecule has 1 aromatic carbocycles. The zero-order valence-electron chi connectivity index (χ0n) is 10.1. The lowest BCUT2D eigenvalue weighted by atomic mass is 10.1. The fraction of sp³-hybridized carbons (Fsp3) is 0. The predicted molar refractivity (Wildman–Crippen MR) is 71.4 cm³/mol. The molecule has 1 amide bonds. The summed E-state index contributed by atoms with van der Waals surface area (Å²) in [6.07, 6.45) is 1.39. The Bertz CT molecular complexity index is 687. The van der Waals surface area contributed by atoms with E-state index in [4.69, 9.17) is 5.73 Å². The van der Waals surface area contributed by atoms with E-state index < -0.39 is 10.8 Å². The quantitative estimate of drug-likeness (QED) is 0.441. The summed E-state index contributed by atoms with van der Waals surface area (Å²) < 4.78 is 0. The molecule has 0 saturated heterocycles. The van der Waals surface area contributed by atoms with E-state index in [1.165, 1.54) is 30.5 Å². The third-order valence-corrected chi connectivity index (χ3v) is 2.51. The Morgan fingerprint density at radius 3 is 2.80 bits per heavy atom. The van der Waals surface area contributed by atoms with Crippen LogP contribution in [0.15, 0.2) is 36.5 Å². The number of nitro benzene ring substituents is 1. The molecular weight excluding hydrogens is 264 g/mol. The zero-order chi connectivity index (χ0) is 14.7. The summed E-state index contributed by atoms with van der Waals surface area (Å²) in [4.78, 5) is 25.8. The molecule has 1 aromatic heterocycles. The van der Waals surface area contributed by atoms with Crippen LogP contribution in [0, 0.1) is 10.1 Å². The van der Waals surface area contributed by atoms with Crippen LogP contribution in [0.25, 0.3) is 0 Å². The van der Waals surface area contributed by atoms with Gasteiger partial charge < -0.3 is 16.2 Å². The molecule has 0 atom stereocenters. The van der Waals surface area contributed by atoms with Gasteiger partial charge in [0, 0.05) is 17.8 Å². The number of nitrogens with one attached hydrogen (secondary N) is 1. The van der Waals surface area contributed by atoms with E-state index in [9.17, 15) is 20.0 Å². The topological polar surface area (TPSA) is 131 Å². The van der Waals surface area contributed by atoms with Crippen LogP contribution in [0.1, 0.15) is 10.4 Å². The van der Waals surface area contributed by atoms with Crippen LogP contribution in [0.2, 0.25) is 0 Å². The van der Waals surface area contributed by atoms with Crippen LogP contribution in [0.5, 0.6) is 5.75 Å². The Balaban J connectivity index is 2.28. The highest BCUT2D eigenvalue weighted by atomic mass is 16.6. The Morgan fingerprint density at radius 1 is 1.40 bits per heavy atom. The van der Waals surface area contributed by atoms with Crippen molar-refractivity contribution in [3.63, 3.8) is 0 Å². The standard InChI is InChI=1S/C12H10N4O4/c13-8-4-3-7(6-9(8)16(19)20)12(18)15-11-10(17)2-1-5-14-11/h1-6,17H,13H2,(H,14,15,18). The van der Waals surface area contributed by atoms with Crippen LogP contribution in [0.3, 0.4) is 0 Å². The van der Waals surface area contributed by atoms with E-state index in [1.54, 1.807) is 0 Å². The number of hydrogen-bond donors (Lipinski definition) is 3. The van der Waals surface area contributed by atoms with Crippen molar-refractivity contribution in [3.05, 3.63) is 52.2 Å². The van der Waals surface area contributed by atoms with Gasteiger partial charge in [-0.25, -0.2) is 4.98 Å². The number of pyridine rings is 1. The number of aromatic hydroxyl groups is 1. The van der Waals surface area contributed by atoms with Crippen molar-refractivity contribution < 1.29 is 14.8 Å². The molecule has 0 spiro atoms. The monoisotopic (exact) mass is 274 g/mol. The van der Waals surface area contributed by atoms with Gasteiger partial charge in [0.2, 0.25) is 0 Å². The molecule has 8 heteroatoms. The molecule has 0 aliphatic rings. The van der Waals surface area contributed by atoms with E-state index in [1.807, 2.05) is 0 Å². The Hall–Kier alpha value is -3.16. The number of nitrogen functional groups attached to an aromatic ring is 1. The fourth-order valence-corrected chi connectivity index (χ4v) is 1.52. The van der Waals surface area contributed by atoms with Crippen molar-refractivity contribution >= 4 is 23.1 Å². The van der Waals surface area contributed by atoms with Crippen molar-refractivity contribution in [2.45, 2.75) is 0 Å². The first-order chi connectivity index (χ1) is 9.49. The van der Waals surface area contributed by atoms with Crippen LogP contribution in [-0.4, -0.2) is 20.9 Å². The molecule has 8 nitrogen and oxygen atoms in total. The number of amides is 1. The number of carbonyl (C=O) groups is 1. The van der Waals surface area contributed by atoms with Crippen LogP contribution in [-0.2, 0) is 0 Å². The highest BCUT2D eigenvalue weighted by Gasteiger charge is 2.16. The number of aromatic nitrogens is 1. The highest BCUT2D eigenvalue weighted by molar-refractivity contribution is 6.05. The number of carbonyl (C=O) groups excluding carboxylic acids is 1. The van der Waals surface area contributed by atoms with Gasteiger partial charge in [0.05, 0.1) is 4.92 Å². The van der Waals surface area contributed by atoms with Crippen molar-refractivity contribution in [1.82, 2.24) is 4.98 Å². The normalized spacial score (nSPS) is 10.0. The SMILES string of the molecule is Nc1ccc(C(=O)Nc2ncccc2O)cc1[N+](=O)[O-]. The molecule has 2 aromatic rings. The Morgan fingerprint density at radius 2 is 2.15 bits per heavy atom. The summed E-state index contributed by atoms with van der Waals surface area (Å²) in [6, 6.07) is 6.53. The van der Waals surface area contributed by atoms with Crippen molar-refractivity contribution in [1.29, 1.82) is 0 Å². The van der Waals surface area contributed by atoms with E-state index in [-0.39, 0.29) is 28.5 Å². The second-order valence-electron chi connectivity index (χ2n) is 3.86. The molecule has 0 saturated carbocycles. The number of rotatable bonds is 3. The Labute approximate surface area is 113 Å². The minimum Gasteiger partial charge on any atom is -0.504 e. The van der Waals surface area contributed by atoms with Crippen LogP contribution >= 0.6 is 0 Å². The lowest BCUT2D eigenvalue weighted by Crippen LogP contribution is -2.13. The molecule has 0 aliphatic carbocycles. The molecule has 0 radical (unpaired) electrons. The summed E-state index contributed by atoms with van der Waals surface area (Å²) in [7, 11) is 0. The molecule has 1 heterocycles. The summed E-state index contributed by atoms with van der Waals surface area (Å²) in [5.41, 5.74) is 5.09. The van der Waals surface area contributed by atoms with Crippen LogP contribution < -0.4 is 11.1 Å². The largest absolute Gasteiger partial charge is 0.504 e. The van der Waals surface area contributed by atoms with Crippen molar-refractivity contribution in [2.24, 2.45) is 0 Å². The van der Waals surface area contributed by atoms with Gasteiger partial charge in [0.25, 0.3) is 11.6 Å². The third kappa shape index (κ3) is 2.64. The molecule has 20 heavy (non-hydrogen) atoms. The zero-order valence-corrected chi connectivity index (χ0v) is 10.1. The fourth-order valence-electron chi connectivity index (χ4n) is 1.52. The molecule has 4 N–H and O–H groups in total. The number of nitrogens with zero attached hydrogens (tertiary/aromatic N) is 2. The minimum atomic E-state index is -0.676. The number of nitrogens with two attached hydrogens (primary N) is 1.